The van der Waals surface area contributed by atoms with Crippen LogP contribution in [-0.4, -0.2) is 19.1 Å². The third kappa shape index (κ3) is 2.01. The van der Waals surface area contributed by atoms with Crippen LogP contribution >= 0.6 is 0 Å². The van der Waals surface area contributed by atoms with Gasteiger partial charge in [-0.3, -0.25) is 14.6 Å². The molecule has 0 unspecified atom stereocenters. The predicted molar refractivity (Wildman–Crippen MR) is 82.5 cm³/mol. The van der Waals surface area contributed by atoms with Crippen LogP contribution < -0.4 is 26.2 Å². The minimum atomic E-state index is -0.524. The Morgan fingerprint density at radius 3 is 2.62 bits per heavy atom. The molecule has 0 fully saturated rings. The van der Waals surface area contributed by atoms with Gasteiger partial charge in [0.15, 0.2) is 0 Å². The van der Waals surface area contributed by atoms with Gasteiger partial charge in [-0.2, -0.15) is 0 Å². The average molecular weight is 283 g/mol. The summed E-state index contributed by atoms with van der Waals surface area (Å²) in [5, 5.41) is 6.57. The van der Waals surface area contributed by atoms with Crippen molar-refractivity contribution in [2.45, 2.75) is 0 Å². The van der Waals surface area contributed by atoms with Gasteiger partial charge < -0.3 is 15.4 Å². The first-order valence-corrected chi connectivity index (χ1v) is 6.36. The molecule has 2 aromatic carbocycles. The Kier molecular flexibility index (Phi) is 3.06. The normalized spacial score (nSPS) is 10.8. The Labute approximate surface area is 120 Å². The molecule has 0 spiro atoms. The van der Waals surface area contributed by atoms with E-state index in [0.717, 1.165) is 10.9 Å². The maximum Gasteiger partial charge on any atom is 0.253 e. The zero-order valence-corrected chi connectivity index (χ0v) is 11.6. The molecule has 106 valence electrons. The Balaban J connectivity index is 2.07. The van der Waals surface area contributed by atoms with Gasteiger partial charge in [-0.25, -0.2) is 0 Å². The number of fused-ring (bicyclic) bond motifs is 1. The Bertz CT molecular complexity index is 895. The summed E-state index contributed by atoms with van der Waals surface area (Å²) in [4.78, 5) is 27.3. The highest BCUT2D eigenvalue weighted by atomic mass is 16.5. The molecule has 0 radical (unpaired) electrons. The van der Waals surface area contributed by atoms with Crippen molar-refractivity contribution < 1.29 is 4.74 Å². The van der Waals surface area contributed by atoms with E-state index in [0.29, 0.717) is 17.1 Å². The average Bonchev–Trinajstić information content (AvgIpc) is 2.53. The molecule has 0 saturated heterocycles. The first kappa shape index (κ1) is 13.1. The molecule has 21 heavy (non-hydrogen) atoms. The quantitative estimate of drug-likeness (QED) is 0.708. The van der Waals surface area contributed by atoms with Crippen LogP contribution in [0.2, 0.25) is 0 Å². The molecule has 0 aliphatic heterocycles. The number of ether oxygens (including phenoxy) is 1. The lowest BCUT2D eigenvalue weighted by Crippen LogP contribution is -2.35. The zero-order chi connectivity index (χ0) is 15.0. The summed E-state index contributed by atoms with van der Waals surface area (Å²) in [6, 6.07) is 7.31. The number of nitrogens with zero attached hydrogens (tertiary/aromatic N) is 1. The lowest BCUT2D eigenvalue weighted by molar-refractivity contribution is 0.419. The van der Waals surface area contributed by atoms with E-state index in [9.17, 15) is 9.59 Å². The molecule has 1 aromatic heterocycles. The number of aromatic nitrogens is 1. The lowest BCUT2D eigenvalue weighted by Gasteiger charge is -2.14. The van der Waals surface area contributed by atoms with Gasteiger partial charge in [0, 0.05) is 30.4 Å². The molecule has 0 saturated carbocycles. The van der Waals surface area contributed by atoms with E-state index in [1.165, 1.54) is 0 Å². The summed E-state index contributed by atoms with van der Waals surface area (Å²) >= 11 is 0. The molecule has 0 bridgehead atoms. The van der Waals surface area contributed by atoms with Crippen molar-refractivity contribution in [3.8, 4) is 5.75 Å². The van der Waals surface area contributed by atoms with Crippen molar-refractivity contribution in [1.29, 1.82) is 0 Å². The highest BCUT2D eigenvalue weighted by Crippen LogP contribution is 2.30. The van der Waals surface area contributed by atoms with Crippen LogP contribution in [0.4, 0.5) is 17.1 Å². The fourth-order valence-corrected chi connectivity index (χ4v) is 2.28. The molecule has 3 rings (SSSR count). The summed E-state index contributed by atoms with van der Waals surface area (Å²) in [6.07, 6.45) is 1.69. The number of nitrogens with one attached hydrogen (secondary N) is 2. The minimum absolute atomic E-state index is 0.271. The second kappa shape index (κ2) is 4.90. The second-order valence-corrected chi connectivity index (χ2v) is 4.54. The molecule has 1 heterocycles. The first-order valence-electron chi connectivity index (χ1n) is 6.36. The number of rotatable bonds is 4. The van der Waals surface area contributed by atoms with Crippen molar-refractivity contribution in [3.05, 3.63) is 50.9 Å². The summed E-state index contributed by atoms with van der Waals surface area (Å²) in [5.41, 5.74) is 0.942. The first-order chi connectivity index (χ1) is 10.2. The van der Waals surface area contributed by atoms with Crippen molar-refractivity contribution in [2.24, 2.45) is 0 Å². The number of methoxy groups -OCH3 is 1. The third-order valence-electron chi connectivity index (χ3n) is 3.32. The Hall–Kier alpha value is -2.89. The largest absolute Gasteiger partial charge is 0.494 e. The molecule has 0 atom stereocenters. The van der Waals surface area contributed by atoms with Gasteiger partial charge in [-0.1, -0.05) is 6.07 Å². The number of anilines is 3. The van der Waals surface area contributed by atoms with Gasteiger partial charge >= 0.3 is 0 Å². The van der Waals surface area contributed by atoms with Crippen LogP contribution in [0.15, 0.2) is 40.1 Å². The van der Waals surface area contributed by atoms with Crippen LogP contribution in [0.3, 0.4) is 0 Å². The highest BCUT2D eigenvalue weighted by molar-refractivity contribution is 5.90. The zero-order valence-electron chi connectivity index (χ0n) is 11.6. The van der Waals surface area contributed by atoms with Gasteiger partial charge in [0.25, 0.3) is 10.9 Å². The molecular weight excluding hydrogens is 270 g/mol. The highest BCUT2D eigenvalue weighted by Gasteiger charge is 2.20. The van der Waals surface area contributed by atoms with Crippen LogP contribution in [0.25, 0.3) is 10.9 Å². The fraction of sp³-hybridized carbons (Fsp3) is 0.133. The van der Waals surface area contributed by atoms with E-state index >= 15 is 0 Å². The second-order valence-electron chi connectivity index (χ2n) is 4.54. The molecule has 3 aromatic rings. The fourth-order valence-electron chi connectivity index (χ4n) is 2.28. The van der Waals surface area contributed by atoms with Gasteiger partial charge in [0.05, 0.1) is 7.11 Å². The van der Waals surface area contributed by atoms with Crippen LogP contribution in [-0.2, 0) is 0 Å². The van der Waals surface area contributed by atoms with Crippen LogP contribution in [0.5, 0.6) is 5.75 Å². The standard InChI is InChI=1S/C15H13N3O3/c1-16-12-13(15(20)14(12)19)18-9-6-8-4-3-5-17-11(8)10(7-9)21-2/h3-7,16,18H,1-2H3. The summed E-state index contributed by atoms with van der Waals surface area (Å²) in [6.45, 7) is 0. The summed E-state index contributed by atoms with van der Waals surface area (Å²) < 4.78 is 5.32. The van der Waals surface area contributed by atoms with E-state index in [-0.39, 0.29) is 5.69 Å². The van der Waals surface area contributed by atoms with E-state index in [1.807, 2.05) is 18.2 Å². The van der Waals surface area contributed by atoms with E-state index in [4.69, 9.17) is 4.74 Å². The maximum absolute atomic E-state index is 11.6. The number of hydrogen-bond donors (Lipinski definition) is 2. The lowest BCUT2D eigenvalue weighted by atomic mass is 10.1. The van der Waals surface area contributed by atoms with Crippen LogP contribution in [0.1, 0.15) is 0 Å². The van der Waals surface area contributed by atoms with Gasteiger partial charge in [0.1, 0.15) is 22.6 Å². The van der Waals surface area contributed by atoms with E-state index in [2.05, 4.69) is 15.6 Å². The topological polar surface area (TPSA) is 80.3 Å². The van der Waals surface area contributed by atoms with Gasteiger partial charge in [-0.15, -0.1) is 0 Å². The molecular formula is C15H13N3O3. The SMILES string of the molecule is CNc1c(Nc2cc(OC)c3ncccc3c2)c(=O)c1=O. The monoisotopic (exact) mass is 283 g/mol. The minimum Gasteiger partial charge on any atom is -0.494 e. The maximum atomic E-state index is 11.6. The van der Waals surface area contributed by atoms with Gasteiger partial charge in [0.2, 0.25) is 0 Å². The molecule has 6 nitrogen and oxygen atoms in total. The van der Waals surface area contributed by atoms with E-state index in [1.54, 1.807) is 26.4 Å². The predicted octanol–water partition coefficient (Wildman–Crippen LogP) is 1.62. The Morgan fingerprint density at radius 1 is 1.14 bits per heavy atom. The molecule has 0 amide bonds. The Morgan fingerprint density at radius 2 is 1.90 bits per heavy atom. The van der Waals surface area contributed by atoms with E-state index < -0.39 is 10.9 Å². The number of hydrogen-bond acceptors (Lipinski definition) is 6. The van der Waals surface area contributed by atoms with Crippen LogP contribution in [0, 0.1) is 0 Å². The van der Waals surface area contributed by atoms with Crippen molar-refractivity contribution in [1.82, 2.24) is 4.98 Å². The molecule has 2 N–H and O–H groups in total. The molecule has 0 aliphatic rings. The molecule has 6 heteroatoms. The summed E-state index contributed by atoms with van der Waals surface area (Å²) in [5.74, 6) is 0.598. The molecule has 0 aliphatic carbocycles. The smallest absolute Gasteiger partial charge is 0.253 e. The summed E-state index contributed by atoms with van der Waals surface area (Å²) in [7, 11) is 3.16. The van der Waals surface area contributed by atoms with Crippen molar-refractivity contribution in [3.63, 3.8) is 0 Å². The number of benzene rings is 1. The third-order valence-corrected chi connectivity index (χ3v) is 3.32. The van der Waals surface area contributed by atoms with Crippen molar-refractivity contribution >= 4 is 28.0 Å². The van der Waals surface area contributed by atoms with Crippen molar-refractivity contribution in [2.75, 3.05) is 24.8 Å². The number of pyridine rings is 1. The van der Waals surface area contributed by atoms with Gasteiger partial charge in [-0.05, 0) is 12.1 Å².